The molecule has 30 heavy (non-hydrogen) atoms. The Balaban J connectivity index is 2.08. The monoisotopic (exact) mass is 421 g/mol. The van der Waals surface area contributed by atoms with Crippen molar-refractivity contribution in [3.05, 3.63) is 29.8 Å². The fourth-order valence-corrected chi connectivity index (χ4v) is 3.47. The van der Waals surface area contributed by atoms with Gasteiger partial charge in [0.25, 0.3) is 5.91 Å². The molecule has 0 bridgehead atoms. The summed E-state index contributed by atoms with van der Waals surface area (Å²) in [6, 6.07) is 6.06. The maximum absolute atomic E-state index is 12.8. The minimum absolute atomic E-state index is 0.0399. The molecule has 1 aromatic carbocycles. The van der Waals surface area contributed by atoms with Gasteiger partial charge < -0.3 is 29.7 Å². The van der Waals surface area contributed by atoms with Crippen LogP contribution in [0.1, 0.15) is 23.2 Å². The van der Waals surface area contributed by atoms with E-state index in [1.54, 1.807) is 36.3 Å². The predicted octanol–water partition coefficient (Wildman–Crippen LogP) is 0.441. The molecule has 9 nitrogen and oxygen atoms in total. The molecule has 1 aliphatic rings. The average Bonchev–Trinajstić information content (AvgIpc) is 2.77. The summed E-state index contributed by atoms with van der Waals surface area (Å²) in [6.07, 6.45) is 1.21. The highest BCUT2D eigenvalue weighted by molar-refractivity contribution is 5.98. The molecule has 9 heteroatoms. The molecular formula is C21H31N3O6. The van der Waals surface area contributed by atoms with Crippen LogP contribution in [0.2, 0.25) is 0 Å². The number of likely N-dealkylation sites (tertiary alicyclic amines) is 1. The lowest BCUT2D eigenvalue weighted by molar-refractivity contribution is -0.136. The van der Waals surface area contributed by atoms with Gasteiger partial charge in [0.15, 0.2) is 0 Å². The van der Waals surface area contributed by atoms with Crippen LogP contribution in [0.15, 0.2) is 24.3 Å². The number of piperidine rings is 1. The van der Waals surface area contributed by atoms with E-state index in [1.807, 2.05) is 0 Å². The van der Waals surface area contributed by atoms with Gasteiger partial charge in [-0.1, -0.05) is 6.07 Å². The molecular weight excluding hydrogens is 390 g/mol. The summed E-state index contributed by atoms with van der Waals surface area (Å²) < 4.78 is 15.1. The van der Waals surface area contributed by atoms with Gasteiger partial charge in [0.05, 0.1) is 13.7 Å². The van der Waals surface area contributed by atoms with Crippen LogP contribution < -0.4 is 15.4 Å². The first-order chi connectivity index (χ1) is 14.5. The van der Waals surface area contributed by atoms with E-state index in [0.717, 1.165) is 0 Å². The predicted molar refractivity (Wildman–Crippen MR) is 110 cm³/mol. The van der Waals surface area contributed by atoms with Crippen molar-refractivity contribution in [2.24, 2.45) is 5.92 Å². The van der Waals surface area contributed by atoms with Crippen LogP contribution in [0.25, 0.3) is 0 Å². The number of amides is 3. The molecule has 2 rings (SSSR count). The van der Waals surface area contributed by atoms with E-state index < -0.39 is 6.04 Å². The number of hydrogen-bond donors (Lipinski definition) is 2. The van der Waals surface area contributed by atoms with Crippen molar-refractivity contribution in [3.8, 4) is 5.75 Å². The Hall–Kier alpha value is -2.65. The first-order valence-corrected chi connectivity index (χ1v) is 9.98. The smallest absolute Gasteiger partial charge is 0.252 e. The van der Waals surface area contributed by atoms with Gasteiger partial charge in [-0.15, -0.1) is 0 Å². The molecule has 1 aliphatic heterocycles. The zero-order valence-electron chi connectivity index (χ0n) is 17.8. The van der Waals surface area contributed by atoms with Gasteiger partial charge in [-0.05, 0) is 37.0 Å². The number of nitrogens with zero attached hydrogens (tertiary/aromatic N) is 1. The fourth-order valence-electron chi connectivity index (χ4n) is 3.47. The van der Waals surface area contributed by atoms with Gasteiger partial charge >= 0.3 is 0 Å². The van der Waals surface area contributed by atoms with E-state index in [-0.39, 0.29) is 30.2 Å². The highest BCUT2D eigenvalue weighted by atomic mass is 16.5. The summed E-state index contributed by atoms with van der Waals surface area (Å²) in [5.74, 6) is -0.205. The number of carbonyl (C=O) groups is 3. The Morgan fingerprint density at radius 3 is 2.50 bits per heavy atom. The van der Waals surface area contributed by atoms with E-state index in [2.05, 4.69) is 10.6 Å². The lowest BCUT2D eigenvalue weighted by atomic mass is 9.88. The van der Waals surface area contributed by atoms with E-state index in [4.69, 9.17) is 14.2 Å². The van der Waals surface area contributed by atoms with Crippen LogP contribution >= 0.6 is 0 Å². The summed E-state index contributed by atoms with van der Waals surface area (Å²) in [5.41, 5.74) is 0.414. The third-order valence-electron chi connectivity index (χ3n) is 5.14. The van der Waals surface area contributed by atoms with Crippen LogP contribution in [-0.2, 0) is 19.1 Å². The highest BCUT2D eigenvalue weighted by Gasteiger charge is 2.33. The SMILES string of the molecule is COCCNC(=O)[C@H](NC(=O)c1cccc(OC)c1)C1CCN(C(=O)COC)CC1. The number of hydrogen-bond acceptors (Lipinski definition) is 6. The number of ether oxygens (including phenoxy) is 3. The van der Waals surface area contributed by atoms with Crippen molar-refractivity contribution in [1.82, 2.24) is 15.5 Å². The minimum atomic E-state index is -0.708. The number of benzene rings is 1. The zero-order valence-corrected chi connectivity index (χ0v) is 17.8. The van der Waals surface area contributed by atoms with Crippen molar-refractivity contribution in [1.29, 1.82) is 0 Å². The Morgan fingerprint density at radius 1 is 1.13 bits per heavy atom. The van der Waals surface area contributed by atoms with Crippen LogP contribution in [0.5, 0.6) is 5.75 Å². The van der Waals surface area contributed by atoms with Gasteiger partial charge in [0.1, 0.15) is 18.4 Å². The molecule has 0 saturated carbocycles. The normalized spacial score (nSPS) is 15.4. The minimum Gasteiger partial charge on any atom is -0.497 e. The first-order valence-electron chi connectivity index (χ1n) is 9.98. The van der Waals surface area contributed by atoms with Crippen LogP contribution in [0, 0.1) is 5.92 Å². The van der Waals surface area contributed by atoms with Gasteiger partial charge in [-0.3, -0.25) is 14.4 Å². The molecule has 166 valence electrons. The molecule has 1 atom stereocenters. The van der Waals surface area contributed by atoms with E-state index in [1.165, 1.54) is 14.2 Å². The molecule has 3 amide bonds. The second kappa shape index (κ2) is 12.1. The molecule has 0 spiro atoms. The Morgan fingerprint density at radius 2 is 1.87 bits per heavy atom. The summed E-state index contributed by atoms with van der Waals surface area (Å²) in [6.45, 7) is 1.81. The Kier molecular flexibility index (Phi) is 9.56. The standard InChI is InChI=1S/C21H31N3O6/c1-28-12-9-22-21(27)19(15-7-10-24(11-8-15)18(25)14-29-2)23-20(26)16-5-4-6-17(13-16)30-3/h4-6,13,15,19H,7-12,14H2,1-3H3,(H,22,27)(H,23,26)/t19-/m1/s1. The molecule has 1 saturated heterocycles. The maximum atomic E-state index is 12.8. The van der Waals surface area contributed by atoms with Crippen LogP contribution in [0.4, 0.5) is 0 Å². The van der Waals surface area contributed by atoms with Gasteiger partial charge in [-0.25, -0.2) is 0 Å². The summed E-state index contributed by atoms with van der Waals surface area (Å²) >= 11 is 0. The quantitative estimate of drug-likeness (QED) is 0.531. The molecule has 0 aliphatic carbocycles. The first kappa shape index (κ1) is 23.6. The molecule has 0 unspecified atom stereocenters. The van der Waals surface area contributed by atoms with E-state index >= 15 is 0 Å². The fraction of sp³-hybridized carbons (Fsp3) is 0.571. The van der Waals surface area contributed by atoms with Gasteiger partial charge in [0.2, 0.25) is 11.8 Å². The maximum Gasteiger partial charge on any atom is 0.252 e. The number of carbonyl (C=O) groups excluding carboxylic acids is 3. The van der Waals surface area contributed by atoms with Gasteiger partial charge in [0, 0.05) is 39.4 Å². The van der Waals surface area contributed by atoms with Crippen LogP contribution in [0.3, 0.4) is 0 Å². The molecule has 1 aromatic rings. The number of rotatable bonds is 10. The van der Waals surface area contributed by atoms with Crippen molar-refractivity contribution in [3.63, 3.8) is 0 Å². The van der Waals surface area contributed by atoms with Crippen molar-refractivity contribution < 1.29 is 28.6 Å². The highest BCUT2D eigenvalue weighted by Crippen LogP contribution is 2.22. The Labute approximate surface area is 177 Å². The molecule has 1 heterocycles. The largest absolute Gasteiger partial charge is 0.497 e. The third kappa shape index (κ3) is 6.70. The molecule has 1 fully saturated rings. The second-order valence-electron chi connectivity index (χ2n) is 7.12. The van der Waals surface area contributed by atoms with Crippen molar-refractivity contribution in [2.75, 3.05) is 54.2 Å². The number of methoxy groups -OCH3 is 3. The Bertz CT molecular complexity index is 718. The number of nitrogens with one attached hydrogen (secondary N) is 2. The van der Waals surface area contributed by atoms with Gasteiger partial charge in [-0.2, -0.15) is 0 Å². The lowest BCUT2D eigenvalue weighted by Gasteiger charge is -2.35. The summed E-state index contributed by atoms with van der Waals surface area (Å²) in [5, 5.41) is 5.69. The molecule has 2 N–H and O–H groups in total. The van der Waals surface area contributed by atoms with Crippen molar-refractivity contribution in [2.45, 2.75) is 18.9 Å². The van der Waals surface area contributed by atoms with Crippen molar-refractivity contribution >= 4 is 17.7 Å². The topological polar surface area (TPSA) is 106 Å². The lowest BCUT2D eigenvalue weighted by Crippen LogP contribution is -2.54. The zero-order chi connectivity index (χ0) is 21.9. The van der Waals surface area contributed by atoms with E-state index in [0.29, 0.717) is 50.4 Å². The summed E-state index contributed by atoms with van der Waals surface area (Å²) in [4.78, 5) is 39.4. The average molecular weight is 421 g/mol. The van der Waals surface area contributed by atoms with E-state index in [9.17, 15) is 14.4 Å². The molecule has 0 aromatic heterocycles. The third-order valence-corrected chi connectivity index (χ3v) is 5.14. The summed E-state index contributed by atoms with van der Waals surface area (Å²) in [7, 11) is 4.57. The van der Waals surface area contributed by atoms with Crippen LogP contribution in [-0.4, -0.2) is 82.8 Å². The second-order valence-corrected chi connectivity index (χ2v) is 7.12. The molecule has 0 radical (unpaired) electrons.